The van der Waals surface area contributed by atoms with E-state index < -0.39 is 24.4 Å². The van der Waals surface area contributed by atoms with Crippen LogP contribution in [0, 0.1) is 18.3 Å². The van der Waals surface area contributed by atoms with E-state index in [2.05, 4.69) is 10.6 Å². The van der Waals surface area contributed by atoms with Crippen LogP contribution in [0.2, 0.25) is 0 Å². The highest BCUT2D eigenvalue weighted by atomic mass is 16.5. The van der Waals surface area contributed by atoms with E-state index in [0.29, 0.717) is 11.3 Å². The van der Waals surface area contributed by atoms with Crippen molar-refractivity contribution in [3.63, 3.8) is 0 Å². The zero-order valence-corrected chi connectivity index (χ0v) is 15.5. The predicted octanol–water partition coefficient (Wildman–Crippen LogP) is 2.44. The molecule has 2 amide bonds. The van der Waals surface area contributed by atoms with E-state index in [1.807, 2.05) is 25.1 Å². The van der Waals surface area contributed by atoms with Crippen LogP contribution in [0.1, 0.15) is 21.5 Å². The number of likely N-dealkylation sites (N-methyl/N-ethyl adjacent to an activating group) is 1. The van der Waals surface area contributed by atoms with Gasteiger partial charge < -0.3 is 15.4 Å². The number of hydrogen-bond acceptors (Lipinski definition) is 5. The summed E-state index contributed by atoms with van der Waals surface area (Å²) in [7, 11) is 1.43. The van der Waals surface area contributed by atoms with Gasteiger partial charge >= 0.3 is 5.97 Å². The first-order chi connectivity index (χ1) is 13.4. The fourth-order valence-electron chi connectivity index (χ4n) is 2.21. The molecule has 0 saturated heterocycles. The SMILES string of the molecule is CNC(=O)/C(C#N)=C\c1ccc(C(=O)OCC(=O)Nc2ccc(C)cc2)cc1. The van der Waals surface area contributed by atoms with Crippen molar-refractivity contribution in [2.24, 2.45) is 0 Å². The summed E-state index contributed by atoms with van der Waals surface area (Å²) < 4.78 is 5.00. The zero-order chi connectivity index (χ0) is 20.5. The van der Waals surface area contributed by atoms with E-state index >= 15 is 0 Å². The largest absolute Gasteiger partial charge is 0.452 e. The fraction of sp³-hybridized carbons (Fsp3) is 0.143. The number of aryl methyl sites for hydroxylation is 1. The summed E-state index contributed by atoms with van der Waals surface area (Å²) >= 11 is 0. The Morgan fingerprint density at radius 2 is 1.71 bits per heavy atom. The standard InChI is InChI=1S/C21H19N3O4/c1-14-3-9-18(10-4-14)24-19(25)13-28-21(27)16-7-5-15(6-8-16)11-17(12-22)20(26)23-2/h3-11H,13H2,1-2H3,(H,23,26)(H,24,25)/b17-11-. The van der Waals surface area contributed by atoms with Crippen LogP contribution in [0.3, 0.4) is 0 Å². The number of carbonyl (C=O) groups excluding carboxylic acids is 3. The second-order valence-corrected chi connectivity index (χ2v) is 5.86. The molecule has 0 aromatic heterocycles. The average Bonchev–Trinajstić information content (AvgIpc) is 2.71. The molecule has 0 unspecified atom stereocenters. The topological polar surface area (TPSA) is 108 Å². The van der Waals surface area contributed by atoms with Gasteiger partial charge in [-0.3, -0.25) is 9.59 Å². The number of hydrogen-bond donors (Lipinski definition) is 2. The van der Waals surface area contributed by atoms with E-state index in [-0.39, 0.29) is 11.1 Å². The first-order valence-corrected chi connectivity index (χ1v) is 8.40. The van der Waals surface area contributed by atoms with Crippen LogP contribution in [-0.2, 0) is 14.3 Å². The van der Waals surface area contributed by atoms with E-state index in [1.165, 1.54) is 25.3 Å². The fourth-order valence-corrected chi connectivity index (χ4v) is 2.21. The van der Waals surface area contributed by atoms with E-state index in [4.69, 9.17) is 10.00 Å². The molecule has 7 nitrogen and oxygen atoms in total. The van der Waals surface area contributed by atoms with Gasteiger partial charge in [0.1, 0.15) is 11.6 Å². The molecule has 2 aromatic carbocycles. The summed E-state index contributed by atoms with van der Waals surface area (Å²) in [6.07, 6.45) is 1.41. The molecule has 0 spiro atoms. The quantitative estimate of drug-likeness (QED) is 0.457. The Morgan fingerprint density at radius 1 is 1.07 bits per heavy atom. The van der Waals surface area contributed by atoms with Crippen LogP contribution >= 0.6 is 0 Å². The molecule has 142 valence electrons. The predicted molar refractivity (Wildman–Crippen MR) is 104 cm³/mol. The highest BCUT2D eigenvalue weighted by Crippen LogP contribution is 2.11. The number of esters is 1. The number of amides is 2. The monoisotopic (exact) mass is 377 g/mol. The van der Waals surface area contributed by atoms with Crippen molar-refractivity contribution in [3.8, 4) is 6.07 Å². The lowest BCUT2D eigenvalue weighted by molar-refractivity contribution is -0.119. The van der Waals surface area contributed by atoms with Crippen LogP contribution in [0.5, 0.6) is 0 Å². The highest BCUT2D eigenvalue weighted by molar-refractivity contribution is 6.01. The van der Waals surface area contributed by atoms with Gasteiger partial charge in [0.05, 0.1) is 5.56 Å². The van der Waals surface area contributed by atoms with E-state index in [9.17, 15) is 14.4 Å². The molecular formula is C21H19N3O4. The molecule has 2 rings (SSSR count). The maximum atomic E-state index is 12.1. The van der Waals surface area contributed by atoms with Gasteiger partial charge in [0, 0.05) is 12.7 Å². The molecule has 7 heteroatoms. The number of carbonyl (C=O) groups is 3. The van der Waals surface area contributed by atoms with Gasteiger partial charge in [0.25, 0.3) is 11.8 Å². The number of benzene rings is 2. The maximum Gasteiger partial charge on any atom is 0.338 e. The summed E-state index contributed by atoms with van der Waals surface area (Å²) in [5.74, 6) is -1.59. The first-order valence-electron chi connectivity index (χ1n) is 8.40. The molecule has 2 N–H and O–H groups in total. The van der Waals surface area contributed by atoms with Crippen LogP contribution in [0.25, 0.3) is 6.08 Å². The van der Waals surface area contributed by atoms with Gasteiger partial charge in [-0.25, -0.2) is 4.79 Å². The number of nitrogens with zero attached hydrogens (tertiary/aromatic N) is 1. The first kappa shape index (κ1) is 20.4. The highest BCUT2D eigenvalue weighted by Gasteiger charge is 2.11. The maximum absolute atomic E-state index is 12.1. The van der Waals surface area contributed by atoms with Crippen molar-refractivity contribution in [3.05, 3.63) is 70.8 Å². The Bertz CT molecular complexity index is 939. The third kappa shape index (κ3) is 5.81. The van der Waals surface area contributed by atoms with Crippen molar-refractivity contribution in [2.75, 3.05) is 19.0 Å². The molecule has 28 heavy (non-hydrogen) atoms. The Morgan fingerprint density at radius 3 is 2.29 bits per heavy atom. The second-order valence-electron chi connectivity index (χ2n) is 5.86. The van der Waals surface area contributed by atoms with E-state index in [1.54, 1.807) is 24.3 Å². The average molecular weight is 377 g/mol. The van der Waals surface area contributed by atoms with Crippen LogP contribution in [0.15, 0.2) is 54.1 Å². The van der Waals surface area contributed by atoms with Crippen LogP contribution < -0.4 is 10.6 Å². The normalized spacial score (nSPS) is 10.5. The van der Waals surface area contributed by atoms with Crippen molar-refractivity contribution in [1.29, 1.82) is 5.26 Å². The van der Waals surface area contributed by atoms with Crippen molar-refractivity contribution >= 4 is 29.5 Å². The van der Waals surface area contributed by atoms with Gasteiger partial charge in [-0.2, -0.15) is 5.26 Å². The summed E-state index contributed by atoms with van der Waals surface area (Å²) in [6, 6.07) is 15.2. The number of nitrogens with one attached hydrogen (secondary N) is 2. The smallest absolute Gasteiger partial charge is 0.338 e. The van der Waals surface area contributed by atoms with Crippen molar-refractivity contribution < 1.29 is 19.1 Å². The summed E-state index contributed by atoms with van der Waals surface area (Å²) in [4.78, 5) is 35.4. The van der Waals surface area contributed by atoms with Crippen LogP contribution in [-0.4, -0.2) is 31.4 Å². The summed E-state index contributed by atoms with van der Waals surface area (Å²) in [5, 5.41) is 14.0. The lowest BCUT2D eigenvalue weighted by atomic mass is 10.1. The third-order valence-electron chi connectivity index (χ3n) is 3.72. The van der Waals surface area contributed by atoms with E-state index in [0.717, 1.165) is 5.56 Å². The zero-order valence-electron chi connectivity index (χ0n) is 15.5. The van der Waals surface area contributed by atoms with Crippen molar-refractivity contribution in [2.45, 2.75) is 6.92 Å². The molecular weight excluding hydrogens is 358 g/mol. The van der Waals surface area contributed by atoms with Gasteiger partial charge in [0.15, 0.2) is 6.61 Å². The molecule has 0 aliphatic heterocycles. The number of anilines is 1. The molecule has 0 atom stereocenters. The Kier molecular flexibility index (Phi) is 7.06. The molecule has 0 bridgehead atoms. The van der Waals surface area contributed by atoms with Crippen molar-refractivity contribution in [1.82, 2.24) is 5.32 Å². The van der Waals surface area contributed by atoms with Gasteiger partial charge in [-0.05, 0) is 42.8 Å². The van der Waals surface area contributed by atoms with Gasteiger partial charge in [-0.1, -0.05) is 29.8 Å². The summed E-state index contributed by atoms with van der Waals surface area (Å²) in [6.45, 7) is 1.53. The second kappa shape index (κ2) is 9.69. The van der Waals surface area contributed by atoms with Gasteiger partial charge in [-0.15, -0.1) is 0 Å². The molecule has 0 saturated carbocycles. The third-order valence-corrected chi connectivity index (χ3v) is 3.72. The lowest BCUT2D eigenvalue weighted by Gasteiger charge is -2.07. The molecule has 0 heterocycles. The molecule has 0 aliphatic carbocycles. The Hall–Kier alpha value is -3.92. The molecule has 0 radical (unpaired) electrons. The number of ether oxygens (including phenoxy) is 1. The van der Waals surface area contributed by atoms with Crippen LogP contribution in [0.4, 0.5) is 5.69 Å². The minimum atomic E-state index is -0.651. The van der Waals surface area contributed by atoms with Gasteiger partial charge in [0.2, 0.25) is 0 Å². The number of nitriles is 1. The molecule has 0 aliphatic rings. The molecule has 2 aromatic rings. The Balaban J connectivity index is 1.93. The Labute approximate surface area is 162 Å². The number of rotatable bonds is 6. The minimum Gasteiger partial charge on any atom is -0.452 e. The lowest BCUT2D eigenvalue weighted by Crippen LogP contribution is -2.20. The summed E-state index contributed by atoms with van der Waals surface area (Å²) in [5.41, 5.74) is 2.46. The minimum absolute atomic E-state index is 0.0504. The molecule has 0 fully saturated rings.